The maximum atomic E-state index is 5.87. The number of benzene rings is 1. The van der Waals surface area contributed by atoms with Gasteiger partial charge >= 0.3 is 0 Å². The van der Waals surface area contributed by atoms with Crippen LogP contribution in [-0.4, -0.2) is 31.7 Å². The first-order chi connectivity index (χ1) is 8.28. The van der Waals surface area contributed by atoms with Crippen LogP contribution < -0.4 is 10.2 Å². The highest BCUT2D eigenvalue weighted by atomic mass is 16.7. The van der Waals surface area contributed by atoms with Gasteiger partial charge in [0.25, 0.3) is 0 Å². The summed E-state index contributed by atoms with van der Waals surface area (Å²) in [6, 6.07) is 8.28. The molecule has 1 heterocycles. The van der Waals surface area contributed by atoms with Gasteiger partial charge in [-0.15, -0.1) is 5.06 Å². The molecule has 0 aromatic heterocycles. The molecule has 0 bridgehead atoms. The molecule has 1 aliphatic heterocycles. The molecule has 3 rings (SSSR count). The molecule has 1 aromatic rings. The number of aryl methyl sites for hydroxylation is 1. The highest BCUT2D eigenvalue weighted by Crippen LogP contribution is 2.51. The van der Waals surface area contributed by atoms with Crippen LogP contribution in [0.3, 0.4) is 0 Å². The van der Waals surface area contributed by atoms with Crippen LogP contribution in [0.25, 0.3) is 0 Å². The van der Waals surface area contributed by atoms with Gasteiger partial charge in [-0.1, -0.05) is 17.7 Å². The van der Waals surface area contributed by atoms with Crippen molar-refractivity contribution in [3.8, 4) is 5.75 Å². The van der Waals surface area contributed by atoms with Gasteiger partial charge in [-0.3, -0.25) is 0 Å². The van der Waals surface area contributed by atoms with Crippen LogP contribution in [-0.2, 0) is 0 Å². The van der Waals surface area contributed by atoms with Crippen LogP contribution in [0.2, 0.25) is 0 Å². The first-order valence-electron chi connectivity index (χ1n) is 6.42. The van der Waals surface area contributed by atoms with E-state index in [0.717, 1.165) is 43.1 Å². The van der Waals surface area contributed by atoms with Crippen molar-refractivity contribution in [3.63, 3.8) is 0 Å². The summed E-state index contributed by atoms with van der Waals surface area (Å²) in [5, 5.41) is 5.39. The molecule has 2 aliphatic rings. The number of hydrogen-bond donors (Lipinski definition) is 1. The van der Waals surface area contributed by atoms with Gasteiger partial charge in [-0.2, -0.15) is 0 Å². The van der Waals surface area contributed by atoms with Crippen molar-refractivity contribution in [1.82, 2.24) is 10.4 Å². The fourth-order valence-corrected chi connectivity index (χ4v) is 2.97. The second-order valence-corrected chi connectivity index (χ2v) is 5.30. The molecule has 1 saturated heterocycles. The van der Waals surface area contributed by atoms with Crippen molar-refractivity contribution in [1.29, 1.82) is 0 Å². The zero-order valence-electron chi connectivity index (χ0n) is 10.5. The molecule has 2 atom stereocenters. The molecule has 1 saturated carbocycles. The SMILES string of the molecule is CNCC1C2CN(Oc3ccc(C)cc3)CC12. The zero-order chi connectivity index (χ0) is 11.8. The van der Waals surface area contributed by atoms with E-state index in [1.54, 1.807) is 0 Å². The lowest BCUT2D eigenvalue weighted by atomic mass is 10.2. The van der Waals surface area contributed by atoms with E-state index >= 15 is 0 Å². The molecule has 0 spiro atoms. The van der Waals surface area contributed by atoms with Crippen molar-refractivity contribution >= 4 is 0 Å². The minimum Gasteiger partial charge on any atom is -0.406 e. The van der Waals surface area contributed by atoms with Crippen LogP contribution in [0.1, 0.15) is 5.56 Å². The van der Waals surface area contributed by atoms with E-state index in [0.29, 0.717) is 0 Å². The van der Waals surface area contributed by atoms with Crippen molar-refractivity contribution in [3.05, 3.63) is 29.8 Å². The van der Waals surface area contributed by atoms with Gasteiger partial charge in [0.1, 0.15) is 5.75 Å². The number of hydroxylamine groups is 2. The summed E-state index contributed by atoms with van der Waals surface area (Å²) in [5.41, 5.74) is 1.27. The molecule has 1 N–H and O–H groups in total. The fourth-order valence-electron chi connectivity index (χ4n) is 2.97. The molecule has 92 valence electrons. The summed E-state index contributed by atoms with van der Waals surface area (Å²) in [5.74, 6) is 3.56. The van der Waals surface area contributed by atoms with Crippen molar-refractivity contribution in [2.45, 2.75) is 6.92 Å². The Morgan fingerprint density at radius 1 is 1.24 bits per heavy atom. The van der Waals surface area contributed by atoms with E-state index in [2.05, 4.69) is 29.4 Å². The van der Waals surface area contributed by atoms with E-state index in [9.17, 15) is 0 Å². The van der Waals surface area contributed by atoms with Crippen molar-refractivity contribution < 1.29 is 4.84 Å². The number of nitrogens with one attached hydrogen (secondary N) is 1. The lowest BCUT2D eigenvalue weighted by Gasteiger charge is -2.20. The monoisotopic (exact) mass is 232 g/mol. The Morgan fingerprint density at radius 3 is 2.47 bits per heavy atom. The standard InChI is InChI=1S/C14H20N2O/c1-10-3-5-11(6-4-10)17-16-8-13-12(7-15-2)14(13)9-16/h3-6,12-15H,7-9H2,1-2H3. The molecule has 1 aliphatic carbocycles. The topological polar surface area (TPSA) is 24.5 Å². The Kier molecular flexibility index (Phi) is 2.81. The fraction of sp³-hybridized carbons (Fsp3) is 0.571. The lowest BCUT2D eigenvalue weighted by Crippen LogP contribution is -2.29. The molecular formula is C14H20N2O. The number of hydrogen-bond acceptors (Lipinski definition) is 3. The van der Waals surface area contributed by atoms with Crippen LogP contribution in [0.5, 0.6) is 5.75 Å². The van der Waals surface area contributed by atoms with E-state index in [4.69, 9.17) is 4.84 Å². The third-order valence-corrected chi connectivity index (χ3v) is 4.03. The van der Waals surface area contributed by atoms with E-state index in [1.807, 2.05) is 19.2 Å². The van der Waals surface area contributed by atoms with Gasteiger partial charge in [0, 0.05) is 13.1 Å². The largest absolute Gasteiger partial charge is 0.406 e. The second kappa shape index (κ2) is 4.31. The van der Waals surface area contributed by atoms with Gasteiger partial charge in [0.05, 0.1) is 0 Å². The summed E-state index contributed by atoms with van der Waals surface area (Å²) in [6.07, 6.45) is 0. The number of nitrogens with zero attached hydrogens (tertiary/aromatic N) is 1. The van der Waals surface area contributed by atoms with Crippen LogP contribution >= 0.6 is 0 Å². The van der Waals surface area contributed by atoms with Gasteiger partial charge < -0.3 is 10.2 Å². The Labute approximate surface area is 103 Å². The maximum Gasteiger partial charge on any atom is 0.147 e. The van der Waals surface area contributed by atoms with E-state index < -0.39 is 0 Å². The number of rotatable bonds is 4. The summed E-state index contributed by atoms with van der Waals surface area (Å²) >= 11 is 0. The van der Waals surface area contributed by atoms with E-state index in [1.165, 1.54) is 5.56 Å². The summed E-state index contributed by atoms with van der Waals surface area (Å²) in [7, 11) is 2.04. The minimum absolute atomic E-state index is 0.855. The lowest BCUT2D eigenvalue weighted by molar-refractivity contribution is -0.0496. The number of fused-ring (bicyclic) bond motifs is 1. The molecule has 2 fully saturated rings. The maximum absolute atomic E-state index is 5.87. The average Bonchev–Trinajstić information content (AvgIpc) is 2.79. The van der Waals surface area contributed by atoms with Gasteiger partial charge in [0.2, 0.25) is 0 Å². The molecule has 3 heteroatoms. The Balaban J connectivity index is 1.51. The van der Waals surface area contributed by atoms with Crippen LogP contribution in [0.15, 0.2) is 24.3 Å². The molecule has 3 nitrogen and oxygen atoms in total. The highest BCUT2D eigenvalue weighted by Gasteiger charge is 2.55. The predicted molar refractivity (Wildman–Crippen MR) is 67.8 cm³/mol. The Hall–Kier alpha value is -1.06. The quantitative estimate of drug-likeness (QED) is 0.855. The van der Waals surface area contributed by atoms with Gasteiger partial charge in [0.15, 0.2) is 0 Å². The van der Waals surface area contributed by atoms with Crippen molar-refractivity contribution in [2.24, 2.45) is 17.8 Å². The number of piperidine rings is 1. The Morgan fingerprint density at radius 2 is 1.88 bits per heavy atom. The second-order valence-electron chi connectivity index (χ2n) is 5.30. The van der Waals surface area contributed by atoms with Crippen LogP contribution in [0, 0.1) is 24.7 Å². The average molecular weight is 232 g/mol. The van der Waals surface area contributed by atoms with Crippen LogP contribution in [0.4, 0.5) is 0 Å². The normalized spacial score (nSPS) is 31.3. The highest BCUT2D eigenvalue weighted by molar-refractivity contribution is 5.26. The molecule has 0 amide bonds. The summed E-state index contributed by atoms with van der Waals surface area (Å²) in [6.45, 7) is 5.43. The molecule has 1 aromatic carbocycles. The molecular weight excluding hydrogens is 212 g/mol. The minimum atomic E-state index is 0.855. The van der Waals surface area contributed by atoms with Gasteiger partial charge in [-0.25, -0.2) is 0 Å². The van der Waals surface area contributed by atoms with Crippen molar-refractivity contribution in [2.75, 3.05) is 26.7 Å². The summed E-state index contributed by atoms with van der Waals surface area (Å²) in [4.78, 5) is 5.87. The smallest absolute Gasteiger partial charge is 0.147 e. The van der Waals surface area contributed by atoms with Gasteiger partial charge in [-0.05, 0) is 50.4 Å². The zero-order valence-corrected chi connectivity index (χ0v) is 10.5. The first kappa shape index (κ1) is 11.1. The molecule has 17 heavy (non-hydrogen) atoms. The predicted octanol–water partition coefficient (Wildman–Crippen LogP) is 1.69. The first-order valence-corrected chi connectivity index (χ1v) is 6.42. The van der Waals surface area contributed by atoms with E-state index in [-0.39, 0.29) is 0 Å². The third kappa shape index (κ3) is 2.17. The summed E-state index contributed by atoms with van der Waals surface area (Å²) < 4.78 is 0. The Bertz CT molecular complexity index is 378. The molecule has 0 radical (unpaired) electrons. The molecule has 2 unspecified atom stereocenters. The third-order valence-electron chi connectivity index (χ3n) is 4.03.